The Labute approximate surface area is 69.8 Å². The van der Waals surface area contributed by atoms with E-state index in [1.165, 1.54) is 0 Å². The number of hydrogen-bond donors (Lipinski definition) is 2. The minimum absolute atomic E-state index is 0.0699. The van der Waals surface area contributed by atoms with Crippen molar-refractivity contribution in [3.63, 3.8) is 0 Å². The Balaban J connectivity index is 2.71. The van der Waals surface area contributed by atoms with E-state index in [-0.39, 0.29) is 6.42 Å². The molecule has 5 heteroatoms. The number of carboxylic acids is 1. The van der Waals surface area contributed by atoms with Crippen LogP contribution in [0.5, 0.6) is 0 Å². The van der Waals surface area contributed by atoms with Crippen LogP contribution in [0, 0.1) is 0 Å². The quantitative estimate of drug-likeness (QED) is 0.661. The third-order valence-corrected chi connectivity index (χ3v) is 1.63. The van der Waals surface area contributed by atoms with Crippen molar-refractivity contribution in [3.05, 3.63) is 18.0 Å². The van der Waals surface area contributed by atoms with Crippen molar-refractivity contribution in [2.45, 2.75) is 12.5 Å². The lowest BCUT2D eigenvalue weighted by molar-refractivity contribution is -0.137. The number of aromatic nitrogens is 2. The predicted molar refractivity (Wildman–Crippen MR) is 42.4 cm³/mol. The first-order chi connectivity index (χ1) is 5.61. The molecule has 1 atom stereocenters. The first-order valence-electron chi connectivity index (χ1n) is 3.56. The van der Waals surface area contributed by atoms with Crippen LogP contribution in [0.4, 0.5) is 0 Å². The fraction of sp³-hybridized carbons (Fsp3) is 0.429. The Hall–Kier alpha value is -1.36. The Kier molecular flexibility index (Phi) is 2.44. The molecule has 0 aliphatic carbocycles. The molecule has 66 valence electrons. The van der Waals surface area contributed by atoms with Gasteiger partial charge in [0.2, 0.25) is 0 Å². The van der Waals surface area contributed by atoms with Gasteiger partial charge < -0.3 is 10.8 Å². The zero-order chi connectivity index (χ0) is 9.14. The Morgan fingerprint density at radius 3 is 3.00 bits per heavy atom. The summed E-state index contributed by atoms with van der Waals surface area (Å²) in [6.45, 7) is 0. The van der Waals surface area contributed by atoms with E-state index in [2.05, 4.69) is 5.10 Å². The summed E-state index contributed by atoms with van der Waals surface area (Å²) in [5.41, 5.74) is 6.33. The van der Waals surface area contributed by atoms with Crippen molar-refractivity contribution < 1.29 is 9.90 Å². The fourth-order valence-corrected chi connectivity index (χ4v) is 1.04. The molecule has 0 aliphatic heterocycles. The van der Waals surface area contributed by atoms with Crippen LogP contribution < -0.4 is 5.73 Å². The Morgan fingerprint density at radius 1 is 1.92 bits per heavy atom. The third-order valence-electron chi connectivity index (χ3n) is 1.63. The summed E-state index contributed by atoms with van der Waals surface area (Å²) in [5.74, 6) is -0.899. The summed E-state index contributed by atoms with van der Waals surface area (Å²) in [4.78, 5) is 10.3. The van der Waals surface area contributed by atoms with Gasteiger partial charge in [0.1, 0.15) is 0 Å². The molecule has 0 amide bonds. The van der Waals surface area contributed by atoms with Crippen molar-refractivity contribution >= 4 is 5.97 Å². The number of nitrogens with two attached hydrogens (primary N) is 1. The first-order valence-corrected chi connectivity index (χ1v) is 3.56. The molecule has 0 saturated heterocycles. The lowest BCUT2D eigenvalue weighted by Crippen LogP contribution is -2.18. The number of nitrogens with zero attached hydrogens (tertiary/aromatic N) is 2. The highest BCUT2D eigenvalue weighted by Crippen LogP contribution is 2.11. The van der Waals surface area contributed by atoms with Gasteiger partial charge >= 0.3 is 5.97 Å². The van der Waals surface area contributed by atoms with E-state index < -0.39 is 12.0 Å². The average molecular weight is 169 g/mol. The molecule has 1 aromatic heterocycles. The standard InChI is InChI=1S/C7H11N3O2/c1-10-6(2-3-9-10)5(8)4-7(11)12/h2-3,5H,4,8H2,1H3,(H,11,12)/t5-/m1/s1. The fourth-order valence-electron chi connectivity index (χ4n) is 1.04. The molecular formula is C7H11N3O2. The monoisotopic (exact) mass is 169 g/mol. The van der Waals surface area contributed by atoms with E-state index in [1.807, 2.05) is 0 Å². The Morgan fingerprint density at radius 2 is 2.58 bits per heavy atom. The van der Waals surface area contributed by atoms with E-state index >= 15 is 0 Å². The number of aliphatic carboxylic acids is 1. The number of carboxylic acid groups (broad SMARTS) is 1. The van der Waals surface area contributed by atoms with Crippen molar-refractivity contribution in [2.24, 2.45) is 12.8 Å². The molecule has 1 heterocycles. The number of rotatable bonds is 3. The molecule has 1 rings (SSSR count). The molecule has 0 unspecified atom stereocenters. The zero-order valence-corrected chi connectivity index (χ0v) is 6.77. The maximum Gasteiger partial charge on any atom is 0.305 e. The second-order valence-corrected chi connectivity index (χ2v) is 2.58. The minimum atomic E-state index is -0.899. The van der Waals surface area contributed by atoms with Crippen molar-refractivity contribution in [2.75, 3.05) is 0 Å². The van der Waals surface area contributed by atoms with Crippen LogP contribution in [0.25, 0.3) is 0 Å². The molecule has 0 radical (unpaired) electrons. The smallest absolute Gasteiger partial charge is 0.305 e. The maximum atomic E-state index is 10.3. The third kappa shape index (κ3) is 1.82. The number of carbonyl (C=O) groups is 1. The molecular weight excluding hydrogens is 158 g/mol. The molecule has 12 heavy (non-hydrogen) atoms. The van der Waals surface area contributed by atoms with Gasteiger partial charge in [0, 0.05) is 13.2 Å². The van der Waals surface area contributed by atoms with Crippen LogP contribution in [-0.4, -0.2) is 20.9 Å². The molecule has 5 nitrogen and oxygen atoms in total. The lowest BCUT2D eigenvalue weighted by atomic mass is 10.1. The minimum Gasteiger partial charge on any atom is -0.481 e. The predicted octanol–water partition coefficient (Wildman–Crippen LogP) is -0.105. The summed E-state index contributed by atoms with van der Waals surface area (Å²) < 4.78 is 1.58. The van der Waals surface area contributed by atoms with Crippen molar-refractivity contribution in [1.29, 1.82) is 0 Å². The summed E-state index contributed by atoms with van der Waals surface area (Å²) in [6.07, 6.45) is 1.52. The summed E-state index contributed by atoms with van der Waals surface area (Å²) in [7, 11) is 1.73. The van der Waals surface area contributed by atoms with Crippen molar-refractivity contribution in [1.82, 2.24) is 9.78 Å². The number of aryl methyl sites for hydroxylation is 1. The Bertz CT molecular complexity index is 282. The van der Waals surface area contributed by atoms with Gasteiger partial charge in [-0.15, -0.1) is 0 Å². The molecule has 0 spiro atoms. The van der Waals surface area contributed by atoms with Gasteiger partial charge in [0.25, 0.3) is 0 Å². The summed E-state index contributed by atoms with van der Waals surface area (Å²) in [6, 6.07) is 1.24. The molecule has 0 bridgehead atoms. The molecule has 3 N–H and O–H groups in total. The second-order valence-electron chi connectivity index (χ2n) is 2.58. The molecule has 1 aromatic rings. The van der Waals surface area contributed by atoms with Gasteiger partial charge in [0.05, 0.1) is 18.2 Å². The topological polar surface area (TPSA) is 81.1 Å². The van der Waals surface area contributed by atoms with E-state index in [0.29, 0.717) is 0 Å². The molecule has 0 aromatic carbocycles. The van der Waals surface area contributed by atoms with Gasteiger partial charge in [-0.1, -0.05) is 0 Å². The maximum absolute atomic E-state index is 10.3. The average Bonchev–Trinajstić information content (AvgIpc) is 2.33. The molecule has 0 aliphatic rings. The van der Waals surface area contributed by atoms with Crippen LogP contribution >= 0.6 is 0 Å². The van der Waals surface area contributed by atoms with Gasteiger partial charge in [-0.2, -0.15) is 5.10 Å². The normalized spacial score (nSPS) is 12.8. The van der Waals surface area contributed by atoms with Gasteiger partial charge in [-0.05, 0) is 6.07 Å². The van der Waals surface area contributed by atoms with E-state index in [4.69, 9.17) is 10.8 Å². The zero-order valence-electron chi connectivity index (χ0n) is 6.77. The summed E-state index contributed by atoms with van der Waals surface area (Å²) >= 11 is 0. The lowest BCUT2D eigenvalue weighted by Gasteiger charge is -2.08. The van der Waals surface area contributed by atoms with Gasteiger partial charge in [0.15, 0.2) is 0 Å². The number of hydrogen-bond acceptors (Lipinski definition) is 3. The highest BCUT2D eigenvalue weighted by Gasteiger charge is 2.12. The van der Waals surface area contributed by atoms with E-state index in [0.717, 1.165) is 5.69 Å². The summed E-state index contributed by atoms with van der Waals surface area (Å²) in [5, 5.41) is 12.4. The van der Waals surface area contributed by atoms with Crippen LogP contribution in [0.3, 0.4) is 0 Å². The van der Waals surface area contributed by atoms with Crippen LogP contribution in [0.2, 0.25) is 0 Å². The van der Waals surface area contributed by atoms with E-state index in [9.17, 15) is 4.79 Å². The van der Waals surface area contributed by atoms with Crippen molar-refractivity contribution in [3.8, 4) is 0 Å². The highest BCUT2D eigenvalue weighted by atomic mass is 16.4. The van der Waals surface area contributed by atoms with E-state index in [1.54, 1.807) is 24.0 Å². The molecule has 0 fully saturated rings. The second kappa shape index (κ2) is 3.36. The van der Waals surface area contributed by atoms with Crippen LogP contribution in [0.15, 0.2) is 12.3 Å². The van der Waals surface area contributed by atoms with Gasteiger partial charge in [-0.3, -0.25) is 9.48 Å². The first kappa shape index (κ1) is 8.73. The van der Waals surface area contributed by atoms with Crippen LogP contribution in [-0.2, 0) is 11.8 Å². The molecule has 0 saturated carbocycles. The highest BCUT2D eigenvalue weighted by molar-refractivity contribution is 5.67. The van der Waals surface area contributed by atoms with Crippen LogP contribution in [0.1, 0.15) is 18.2 Å². The van der Waals surface area contributed by atoms with Gasteiger partial charge in [-0.25, -0.2) is 0 Å². The SMILES string of the molecule is Cn1nccc1[C@H](N)CC(=O)O. The largest absolute Gasteiger partial charge is 0.481 e.